The van der Waals surface area contributed by atoms with Gasteiger partial charge in [0.15, 0.2) is 0 Å². The van der Waals surface area contributed by atoms with Crippen LogP contribution in [0.2, 0.25) is 0 Å². The summed E-state index contributed by atoms with van der Waals surface area (Å²) >= 11 is 0. The van der Waals surface area contributed by atoms with E-state index in [0.29, 0.717) is 0 Å². The highest BCUT2D eigenvalue weighted by Crippen LogP contribution is 1.91. The number of imidazole rings is 1. The molecule has 11 aromatic rings. The highest BCUT2D eigenvalue weighted by Gasteiger charge is 1.80. The molecule has 11 heterocycles. The standard InChI is InChI=1S/3C6H7N.6C5H6N2.C4H6N2.C3H5N3.11C2H6/c1-6-2-4-7-5-3-6;1-6-3-2-4-7-5-6;1-6-4-2-3-5-7-6;1-5-2-6-4-7-3-5;1-5-4-6-2-3-7-5;1-5-2-3-6-4-7-5;1-5-2-3-6-7-4-5;1-5-6-3-2-4-7-5;1-5-3-2-4-6-7-5;1-6-3-2-5-4-6;1-3-4-2-5-6-3;11*1-2/h3*2-5H,1H3;6*2-4H,1H3;2-4H,1H3;2H,1H3,(H,4,5,6);11*1-2H3. The smallest absolute Gasteiger partial charge is 0.137 e. The predicted molar refractivity (Wildman–Crippen MR) is 417 cm³/mol. The molecule has 1 N–H and O–H groups in total. The van der Waals surface area contributed by atoms with Gasteiger partial charge in [0.1, 0.15) is 30.6 Å². The van der Waals surface area contributed by atoms with Gasteiger partial charge < -0.3 is 4.57 Å². The summed E-state index contributed by atoms with van der Waals surface area (Å²) in [5, 5.41) is 20.8. The normalized spacial score (nSPS) is 7.43. The summed E-state index contributed by atoms with van der Waals surface area (Å²) < 4.78 is 1.89. The Balaban J connectivity index is -0.0000000906. The highest BCUT2D eigenvalue weighted by molar-refractivity contribution is 5.06. The van der Waals surface area contributed by atoms with E-state index in [4.69, 9.17) is 0 Å². The average Bonchev–Trinajstić information content (AvgIpc) is 4.40. The molecule has 542 valence electrons. The molecule has 0 atom stereocenters. The van der Waals surface area contributed by atoms with Gasteiger partial charge in [0.05, 0.1) is 23.9 Å². The van der Waals surface area contributed by atoms with Crippen molar-refractivity contribution < 1.29 is 0 Å². The van der Waals surface area contributed by atoms with Crippen LogP contribution in [-0.4, -0.2) is 100.0 Å². The maximum Gasteiger partial charge on any atom is 0.137 e. The zero-order valence-electron chi connectivity index (χ0n) is 66.6. The van der Waals surface area contributed by atoms with Crippen molar-refractivity contribution >= 4 is 0 Å². The molecule has 20 heteroatoms. The summed E-state index contributed by atoms with van der Waals surface area (Å²) in [7, 11) is 1.94. The van der Waals surface area contributed by atoms with Crippen molar-refractivity contribution in [2.45, 2.75) is 222 Å². The topological polar surface area (TPSA) is 253 Å². The largest absolute Gasteiger partial charge is 0.341 e. The monoisotopic (exact) mass is 1340 g/mol. The van der Waals surface area contributed by atoms with Crippen LogP contribution in [0.3, 0.4) is 0 Å². The first-order chi connectivity index (χ1) is 47.3. The van der Waals surface area contributed by atoms with Crippen molar-refractivity contribution in [2.75, 3.05) is 0 Å². The van der Waals surface area contributed by atoms with Gasteiger partial charge in [-0.05, 0) is 152 Å². The van der Waals surface area contributed by atoms with Gasteiger partial charge in [0.25, 0.3) is 0 Å². The van der Waals surface area contributed by atoms with E-state index in [0.717, 1.165) is 45.6 Å². The lowest BCUT2D eigenvalue weighted by Gasteiger charge is -1.82. The van der Waals surface area contributed by atoms with Gasteiger partial charge in [0.2, 0.25) is 0 Å². The van der Waals surface area contributed by atoms with Gasteiger partial charge in [-0.3, -0.25) is 30.0 Å². The number of aromatic amines is 1. The van der Waals surface area contributed by atoms with E-state index in [-0.39, 0.29) is 0 Å². The summed E-state index contributed by atoms with van der Waals surface area (Å²) in [6, 6.07) is 23.1. The Bertz CT molecular complexity index is 2270. The van der Waals surface area contributed by atoms with Crippen molar-refractivity contribution in [1.29, 1.82) is 0 Å². The molecule has 11 rings (SSSR count). The van der Waals surface area contributed by atoms with E-state index in [1.807, 2.05) is 312 Å². The van der Waals surface area contributed by atoms with Crippen LogP contribution in [0.1, 0.15) is 209 Å². The van der Waals surface area contributed by atoms with Gasteiger partial charge in [-0.15, -0.1) is 0 Å². The van der Waals surface area contributed by atoms with Gasteiger partial charge in [-0.2, -0.15) is 25.5 Å². The Hall–Kier alpha value is -9.72. The Kier molecular flexibility index (Phi) is 124. The van der Waals surface area contributed by atoms with Crippen LogP contribution in [0.15, 0.2) is 210 Å². The van der Waals surface area contributed by atoms with E-state index in [1.165, 1.54) is 30.1 Å². The first-order valence-electron chi connectivity index (χ1n) is 34.1. The second kappa shape index (κ2) is 108. The van der Waals surface area contributed by atoms with Crippen LogP contribution in [0, 0.1) is 69.2 Å². The number of nitrogens with one attached hydrogen (secondary N) is 1. The molecule has 0 radical (unpaired) electrons. The van der Waals surface area contributed by atoms with Crippen molar-refractivity contribution in [1.82, 2.24) is 100.0 Å². The van der Waals surface area contributed by atoms with Crippen molar-refractivity contribution in [3.8, 4) is 0 Å². The molecule has 0 aliphatic rings. The van der Waals surface area contributed by atoms with Crippen molar-refractivity contribution in [3.05, 3.63) is 266 Å². The lowest BCUT2D eigenvalue weighted by atomic mass is 10.3. The first kappa shape index (κ1) is 112. The molecule has 0 aromatic carbocycles. The molecule has 0 aliphatic heterocycles. The highest BCUT2D eigenvalue weighted by atomic mass is 15.2. The van der Waals surface area contributed by atoms with E-state index >= 15 is 0 Å². The van der Waals surface area contributed by atoms with Gasteiger partial charge in [-0.1, -0.05) is 164 Å². The minimum Gasteiger partial charge on any atom is -0.341 e. The second-order valence-electron chi connectivity index (χ2n) is 15.0. The fraction of sp³-hybridized carbons (Fsp3) is 0.429. The van der Waals surface area contributed by atoms with Gasteiger partial charge >= 0.3 is 0 Å². The van der Waals surface area contributed by atoms with E-state index < -0.39 is 0 Å². The van der Waals surface area contributed by atoms with Crippen molar-refractivity contribution in [2.24, 2.45) is 7.05 Å². The number of pyridine rings is 3. The minimum atomic E-state index is 0.822. The number of aryl methyl sites for hydroxylation is 11. The quantitative estimate of drug-likeness (QED) is 0.148. The number of hydrogen-bond acceptors (Lipinski definition) is 18. The molecule has 20 nitrogen and oxygen atoms in total. The third-order valence-corrected chi connectivity index (χ3v) is 7.89. The molecule has 11 aromatic heterocycles. The number of H-pyrrole nitrogens is 1. The summed E-state index contributed by atoms with van der Waals surface area (Å²) in [5.74, 6) is 1.68. The van der Waals surface area contributed by atoms with Gasteiger partial charge in [0, 0.05) is 124 Å². The zero-order chi connectivity index (χ0) is 76.8. The molecule has 0 spiro atoms. The maximum atomic E-state index is 3.98. The Labute approximate surface area is 592 Å². The lowest BCUT2D eigenvalue weighted by Crippen LogP contribution is -1.80. The molecule has 0 saturated carbocycles. The fourth-order valence-corrected chi connectivity index (χ4v) is 4.13. The second-order valence-corrected chi connectivity index (χ2v) is 15.0. The lowest BCUT2D eigenvalue weighted by molar-refractivity contribution is 0.913. The van der Waals surface area contributed by atoms with Crippen LogP contribution in [0.5, 0.6) is 0 Å². The predicted octanol–water partition coefficient (Wildman–Crippen LogP) is 20.7. The molecule has 0 aliphatic carbocycles. The van der Waals surface area contributed by atoms with E-state index in [2.05, 4.69) is 95.4 Å². The summed E-state index contributed by atoms with van der Waals surface area (Å²) in [5.41, 5.74) is 8.72. The van der Waals surface area contributed by atoms with Crippen LogP contribution < -0.4 is 0 Å². The van der Waals surface area contributed by atoms with E-state index in [9.17, 15) is 0 Å². The fourth-order valence-electron chi connectivity index (χ4n) is 4.13. The summed E-state index contributed by atoms with van der Waals surface area (Å²) in [6.45, 7) is 63.4. The molecular formula is C77H134N20. The summed E-state index contributed by atoms with van der Waals surface area (Å²) in [6.07, 6.45) is 37.7. The molecule has 0 bridgehead atoms. The van der Waals surface area contributed by atoms with Crippen LogP contribution in [0.4, 0.5) is 0 Å². The zero-order valence-corrected chi connectivity index (χ0v) is 66.6. The minimum absolute atomic E-state index is 0.822. The maximum absolute atomic E-state index is 3.98. The Morgan fingerprint density at radius 1 is 0.278 bits per heavy atom. The molecule has 97 heavy (non-hydrogen) atoms. The number of aromatic nitrogens is 20. The average molecular weight is 1340 g/mol. The molecule has 0 saturated heterocycles. The molecular weight excluding hydrogens is 1200 g/mol. The van der Waals surface area contributed by atoms with Crippen LogP contribution in [0.25, 0.3) is 0 Å². The Morgan fingerprint density at radius 2 is 0.773 bits per heavy atom. The third-order valence-electron chi connectivity index (χ3n) is 7.89. The molecule has 0 fully saturated rings. The third kappa shape index (κ3) is 105. The van der Waals surface area contributed by atoms with E-state index in [1.54, 1.807) is 112 Å². The van der Waals surface area contributed by atoms with Crippen LogP contribution >= 0.6 is 0 Å². The summed E-state index contributed by atoms with van der Waals surface area (Å²) in [4.78, 5) is 49.9. The van der Waals surface area contributed by atoms with Crippen molar-refractivity contribution in [3.63, 3.8) is 0 Å². The first-order valence-corrected chi connectivity index (χ1v) is 34.1. The Morgan fingerprint density at radius 3 is 0.979 bits per heavy atom. The number of hydrogen-bond donors (Lipinski definition) is 1. The molecule has 0 unspecified atom stereocenters. The molecule has 0 amide bonds. The van der Waals surface area contributed by atoms with Crippen LogP contribution in [-0.2, 0) is 7.05 Å². The number of rotatable bonds is 0. The van der Waals surface area contributed by atoms with Gasteiger partial charge in [-0.25, -0.2) is 39.9 Å². The number of nitrogens with zero attached hydrogens (tertiary/aromatic N) is 19. The SMILES string of the molecule is CC.CC.CC.CC.CC.CC.CC.CC.CC.CC.CC.Cc1ccccn1.Cc1cccnc1.Cc1cccnn1.Cc1ccncc1.Cc1ccncn1.Cc1ccnnc1.Cc1cnccn1.Cc1cncnc1.Cc1ncccn1.Cc1ncn[nH]1.Cn1ccnc1.